The number of aromatic carboxylic acids is 1. The molecule has 1 heterocycles. The molecule has 1 N–H and O–H groups in total. The van der Waals surface area contributed by atoms with E-state index in [1.165, 1.54) is 5.56 Å². The number of carboxylic acid groups (broad SMARTS) is 1. The predicted molar refractivity (Wildman–Crippen MR) is 116 cm³/mol. The SMILES string of the molecule is Cc1cc(C2CCCN(C(=O)C=Cc3ccc(C(C)C)cc3)C2)ccc1C(=O)O. The van der Waals surface area contributed by atoms with Crippen molar-refractivity contribution in [1.29, 1.82) is 0 Å². The van der Waals surface area contributed by atoms with Crippen molar-refractivity contribution in [3.8, 4) is 0 Å². The first-order valence-electron chi connectivity index (χ1n) is 10.3. The van der Waals surface area contributed by atoms with Gasteiger partial charge in [0.1, 0.15) is 0 Å². The highest BCUT2D eigenvalue weighted by atomic mass is 16.4. The van der Waals surface area contributed by atoms with Crippen molar-refractivity contribution in [1.82, 2.24) is 4.90 Å². The Morgan fingerprint density at radius 3 is 2.48 bits per heavy atom. The van der Waals surface area contributed by atoms with Gasteiger partial charge in [-0.25, -0.2) is 4.79 Å². The number of piperidine rings is 1. The van der Waals surface area contributed by atoms with E-state index in [0.717, 1.165) is 36.1 Å². The standard InChI is InChI=1S/C25H29NO3/c1-17(2)20-9-6-19(7-10-20)8-13-24(27)26-14-4-5-22(16-26)21-11-12-23(25(28)29)18(3)15-21/h6-13,15,17,22H,4-5,14,16H2,1-3H3,(H,28,29). The molecule has 3 rings (SSSR count). The van der Waals surface area contributed by atoms with Crippen molar-refractivity contribution in [3.63, 3.8) is 0 Å². The lowest BCUT2D eigenvalue weighted by Gasteiger charge is -2.32. The largest absolute Gasteiger partial charge is 0.478 e. The van der Waals surface area contributed by atoms with Gasteiger partial charge in [0, 0.05) is 25.1 Å². The second-order valence-corrected chi connectivity index (χ2v) is 8.16. The van der Waals surface area contributed by atoms with Crippen LogP contribution in [0.3, 0.4) is 0 Å². The first-order valence-corrected chi connectivity index (χ1v) is 10.3. The van der Waals surface area contributed by atoms with Crippen LogP contribution in [0.1, 0.15) is 71.1 Å². The molecule has 0 bridgehead atoms. The van der Waals surface area contributed by atoms with Crippen LogP contribution in [-0.4, -0.2) is 35.0 Å². The summed E-state index contributed by atoms with van der Waals surface area (Å²) in [6, 6.07) is 13.8. The Hall–Kier alpha value is -2.88. The fourth-order valence-electron chi connectivity index (χ4n) is 3.90. The van der Waals surface area contributed by atoms with Crippen molar-refractivity contribution in [2.45, 2.75) is 45.4 Å². The van der Waals surface area contributed by atoms with Gasteiger partial charge < -0.3 is 10.0 Å². The summed E-state index contributed by atoms with van der Waals surface area (Å²) in [7, 11) is 0. The molecule has 0 aliphatic carbocycles. The van der Waals surface area contributed by atoms with Gasteiger partial charge in [0.25, 0.3) is 0 Å². The van der Waals surface area contributed by atoms with E-state index in [2.05, 4.69) is 26.0 Å². The number of carboxylic acids is 1. The fourth-order valence-corrected chi connectivity index (χ4v) is 3.90. The number of carbonyl (C=O) groups excluding carboxylic acids is 1. The average Bonchev–Trinajstić information content (AvgIpc) is 2.72. The minimum atomic E-state index is -0.902. The number of aryl methyl sites for hydroxylation is 1. The van der Waals surface area contributed by atoms with Crippen molar-refractivity contribution in [2.24, 2.45) is 0 Å². The summed E-state index contributed by atoms with van der Waals surface area (Å²) < 4.78 is 0. The number of hydrogen-bond acceptors (Lipinski definition) is 2. The van der Waals surface area contributed by atoms with E-state index < -0.39 is 5.97 Å². The van der Waals surface area contributed by atoms with Gasteiger partial charge in [-0.05, 0) is 60.1 Å². The van der Waals surface area contributed by atoms with Crippen LogP contribution in [0.2, 0.25) is 0 Å². The van der Waals surface area contributed by atoms with E-state index in [-0.39, 0.29) is 11.8 Å². The third-order valence-electron chi connectivity index (χ3n) is 5.71. The Labute approximate surface area is 172 Å². The summed E-state index contributed by atoms with van der Waals surface area (Å²) in [5.41, 5.74) is 4.53. The maximum absolute atomic E-state index is 12.7. The van der Waals surface area contributed by atoms with Crippen LogP contribution in [0.4, 0.5) is 0 Å². The summed E-state index contributed by atoms with van der Waals surface area (Å²) in [4.78, 5) is 25.8. The van der Waals surface area contributed by atoms with Crippen LogP contribution in [0.5, 0.6) is 0 Å². The van der Waals surface area contributed by atoms with E-state index in [9.17, 15) is 14.7 Å². The molecule has 2 aromatic carbocycles. The van der Waals surface area contributed by atoms with E-state index in [0.29, 0.717) is 18.0 Å². The topological polar surface area (TPSA) is 57.6 Å². The third-order valence-corrected chi connectivity index (χ3v) is 5.71. The smallest absolute Gasteiger partial charge is 0.335 e. The minimum Gasteiger partial charge on any atom is -0.478 e. The van der Waals surface area contributed by atoms with Gasteiger partial charge in [-0.15, -0.1) is 0 Å². The average molecular weight is 392 g/mol. The van der Waals surface area contributed by atoms with Crippen molar-refractivity contribution in [2.75, 3.05) is 13.1 Å². The summed E-state index contributed by atoms with van der Waals surface area (Å²) in [5.74, 6) is -0.135. The summed E-state index contributed by atoms with van der Waals surface area (Å²) in [5, 5.41) is 9.22. The van der Waals surface area contributed by atoms with Crippen molar-refractivity contribution in [3.05, 3.63) is 76.4 Å². The minimum absolute atomic E-state index is 0.0292. The molecule has 1 unspecified atom stereocenters. The molecule has 4 nitrogen and oxygen atoms in total. The van der Waals surface area contributed by atoms with E-state index in [1.807, 2.05) is 42.2 Å². The second kappa shape index (κ2) is 9.08. The van der Waals surface area contributed by atoms with Crippen LogP contribution in [0.15, 0.2) is 48.5 Å². The Balaban J connectivity index is 1.66. The zero-order valence-electron chi connectivity index (χ0n) is 17.4. The molecule has 29 heavy (non-hydrogen) atoms. The molecule has 1 saturated heterocycles. The summed E-state index contributed by atoms with van der Waals surface area (Å²) in [6.07, 6.45) is 5.50. The number of amides is 1. The van der Waals surface area contributed by atoms with Crippen LogP contribution in [0, 0.1) is 6.92 Å². The molecule has 152 valence electrons. The number of nitrogens with zero attached hydrogens (tertiary/aromatic N) is 1. The second-order valence-electron chi connectivity index (χ2n) is 8.16. The van der Waals surface area contributed by atoms with Gasteiger partial charge in [-0.1, -0.05) is 50.2 Å². The van der Waals surface area contributed by atoms with Crippen LogP contribution < -0.4 is 0 Å². The van der Waals surface area contributed by atoms with Gasteiger partial charge in [-0.3, -0.25) is 4.79 Å². The molecule has 0 spiro atoms. The Bertz CT molecular complexity index is 912. The molecule has 4 heteroatoms. The molecular weight excluding hydrogens is 362 g/mol. The number of rotatable bonds is 5. The van der Waals surface area contributed by atoms with Crippen LogP contribution in [0.25, 0.3) is 6.08 Å². The molecule has 2 aromatic rings. The molecule has 1 fully saturated rings. The molecule has 1 aliphatic heterocycles. The van der Waals surface area contributed by atoms with Crippen LogP contribution in [-0.2, 0) is 4.79 Å². The number of carbonyl (C=O) groups is 2. The lowest BCUT2D eigenvalue weighted by molar-refractivity contribution is -0.127. The lowest BCUT2D eigenvalue weighted by Crippen LogP contribution is -2.38. The number of benzene rings is 2. The lowest BCUT2D eigenvalue weighted by atomic mass is 9.88. The van der Waals surface area contributed by atoms with Gasteiger partial charge in [0.2, 0.25) is 5.91 Å². The van der Waals surface area contributed by atoms with E-state index >= 15 is 0 Å². The molecule has 1 atom stereocenters. The predicted octanol–water partition coefficient (Wildman–Crippen LogP) is 5.24. The first kappa shape index (κ1) is 20.8. The van der Waals surface area contributed by atoms with Gasteiger partial charge in [0.05, 0.1) is 5.56 Å². The monoisotopic (exact) mass is 391 g/mol. The van der Waals surface area contributed by atoms with Crippen molar-refractivity contribution < 1.29 is 14.7 Å². The zero-order valence-corrected chi connectivity index (χ0v) is 17.4. The maximum atomic E-state index is 12.7. The Morgan fingerprint density at radius 1 is 1.14 bits per heavy atom. The molecular formula is C25H29NO3. The summed E-state index contributed by atoms with van der Waals surface area (Å²) in [6.45, 7) is 7.58. The highest BCUT2D eigenvalue weighted by molar-refractivity contribution is 5.92. The quantitative estimate of drug-likeness (QED) is 0.710. The molecule has 0 saturated carbocycles. The van der Waals surface area contributed by atoms with Crippen LogP contribution >= 0.6 is 0 Å². The summed E-state index contributed by atoms with van der Waals surface area (Å²) >= 11 is 0. The number of hydrogen-bond donors (Lipinski definition) is 1. The van der Waals surface area contributed by atoms with Gasteiger partial charge >= 0.3 is 5.97 Å². The first-order chi connectivity index (χ1) is 13.8. The van der Waals surface area contributed by atoms with Crippen molar-refractivity contribution >= 4 is 18.0 Å². The maximum Gasteiger partial charge on any atom is 0.335 e. The Kier molecular flexibility index (Phi) is 6.53. The van der Waals surface area contributed by atoms with Gasteiger partial charge in [-0.2, -0.15) is 0 Å². The zero-order chi connectivity index (χ0) is 21.0. The fraction of sp³-hybridized carbons (Fsp3) is 0.360. The number of likely N-dealkylation sites (tertiary alicyclic amines) is 1. The Morgan fingerprint density at radius 2 is 1.86 bits per heavy atom. The molecule has 0 radical (unpaired) electrons. The molecule has 0 aromatic heterocycles. The molecule has 1 aliphatic rings. The highest BCUT2D eigenvalue weighted by Crippen LogP contribution is 2.28. The van der Waals surface area contributed by atoms with E-state index in [4.69, 9.17) is 0 Å². The third kappa shape index (κ3) is 5.14. The van der Waals surface area contributed by atoms with Gasteiger partial charge in [0.15, 0.2) is 0 Å². The highest BCUT2D eigenvalue weighted by Gasteiger charge is 2.24. The van der Waals surface area contributed by atoms with E-state index in [1.54, 1.807) is 12.1 Å². The molecule has 1 amide bonds. The normalized spacial score (nSPS) is 17.1.